The predicted molar refractivity (Wildman–Crippen MR) is 70.4 cm³/mol. The van der Waals surface area contributed by atoms with Crippen molar-refractivity contribution in [1.29, 1.82) is 0 Å². The molecule has 94 valence electrons. The molecule has 2 aliphatic heterocycles. The molecule has 2 saturated heterocycles. The molecular formula is C16H19NO. The van der Waals surface area contributed by atoms with E-state index in [4.69, 9.17) is 0 Å². The summed E-state index contributed by atoms with van der Waals surface area (Å²) in [7, 11) is 0. The monoisotopic (exact) mass is 241 g/mol. The van der Waals surface area contributed by atoms with E-state index >= 15 is 0 Å². The normalized spacial score (nSPS) is 34.9. The lowest BCUT2D eigenvalue weighted by Crippen LogP contribution is -2.44. The molecule has 2 heteroatoms. The lowest BCUT2D eigenvalue weighted by molar-refractivity contribution is -0.124. The first-order chi connectivity index (χ1) is 8.83. The molecule has 2 nitrogen and oxygen atoms in total. The number of ketones is 1. The lowest BCUT2D eigenvalue weighted by atomic mass is 9.96. The fourth-order valence-electron chi connectivity index (χ4n) is 4.36. The van der Waals surface area contributed by atoms with E-state index in [1.807, 2.05) is 0 Å². The van der Waals surface area contributed by atoms with Crippen LogP contribution in [0.5, 0.6) is 0 Å². The number of nitrogens with zero attached hydrogens (tertiary/aromatic N) is 1. The number of piperidine rings is 1. The number of benzene rings is 1. The molecule has 2 heterocycles. The van der Waals surface area contributed by atoms with Crippen LogP contribution < -0.4 is 0 Å². The minimum absolute atomic E-state index is 0.491. The van der Waals surface area contributed by atoms with Crippen LogP contribution in [0.15, 0.2) is 24.3 Å². The Morgan fingerprint density at radius 2 is 1.72 bits per heavy atom. The molecule has 0 aromatic heterocycles. The maximum Gasteiger partial charge on any atom is 0.136 e. The number of aryl methyl sites for hydroxylation is 1. The summed E-state index contributed by atoms with van der Waals surface area (Å²) in [6.45, 7) is 0. The molecule has 2 bridgehead atoms. The van der Waals surface area contributed by atoms with E-state index in [0.29, 0.717) is 23.9 Å². The maximum absolute atomic E-state index is 11.7. The summed E-state index contributed by atoms with van der Waals surface area (Å²) < 4.78 is 0. The fourth-order valence-corrected chi connectivity index (χ4v) is 4.36. The van der Waals surface area contributed by atoms with Gasteiger partial charge in [-0.3, -0.25) is 9.69 Å². The summed E-state index contributed by atoms with van der Waals surface area (Å²) in [5.41, 5.74) is 3.06. The number of rotatable bonds is 1. The zero-order valence-electron chi connectivity index (χ0n) is 10.6. The summed E-state index contributed by atoms with van der Waals surface area (Å²) in [6, 6.07) is 10.5. The van der Waals surface area contributed by atoms with Crippen LogP contribution in [0.1, 0.15) is 49.3 Å². The lowest BCUT2D eigenvalue weighted by Gasteiger charge is -2.39. The van der Waals surface area contributed by atoms with Gasteiger partial charge in [-0.25, -0.2) is 0 Å². The van der Waals surface area contributed by atoms with Crippen LogP contribution in [0.4, 0.5) is 0 Å². The Balaban J connectivity index is 1.68. The topological polar surface area (TPSA) is 20.3 Å². The predicted octanol–water partition coefficient (Wildman–Crippen LogP) is 2.87. The Morgan fingerprint density at radius 1 is 1.00 bits per heavy atom. The van der Waals surface area contributed by atoms with E-state index in [0.717, 1.165) is 12.8 Å². The van der Waals surface area contributed by atoms with Crippen molar-refractivity contribution in [1.82, 2.24) is 4.90 Å². The molecular weight excluding hydrogens is 222 g/mol. The molecule has 0 spiro atoms. The average Bonchev–Trinajstić information content (AvgIpc) is 2.89. The van der Waals surface area contributed by atoms with Gasteiger partial charge in [0.1, 0.15) is 5.78 Å². The smallest absolute Gasteiger partial charge is 0.136 e. The van der Waals surface area contributed by atoms with Gasteiger partial charge in [-0.15, -0.1) is 0 Å². The van der Waals surface area contributed by atoms with Crippen LogP contribution in [0.3, 0.4) is 0 Å². The van der Waals surface area contributed by atoms with Crippen LogP contribution in [0, 0.1) is 0 Å². The van der Waals surface area contributed by atoms with Crippen molar-refractivity contribution >= 4 is 5.78 Å². The number of fused-ring (bicyclic) bond motifs is 3. The third-order valence-electron chi connectivity index (χ3n) is 5.06. The maximum atomic E-state index is 11.7. The van der Waals surface area contributed by atoms with E-state index < -0.39 is 0 Å². The van der Waals surface area contributed by atoms with E-state index in [1.165, 1.54) is 36.8 Å². The Hall–Kier alpha value is -1.15. The van der Waals surface area contributed by atoms with Crippen molar-refractivity contribution in [3.8, 4) is 0 Å². The van der Waals surface area contributed by atoms with Gasteiger partial charge in [0.15, 0.2) is 0 Å². The number of carbonyl (C=O) groups is 1. The van der Waals surface area contributed by atoms with Gasteiger partial charge in [-0.2, -0.15) is 0 Å². The van der Waals surface area contributed by atoms with E-state index in [-0.39, 0.29) is 0 Å². The fraction of sp³-hybridized carbons (Fsp3) is 0.562. The first-order valence-corrected chi connectivity index (χ1v) is 7.20. The van der Waals surface area contributed by atoms with Crippen molar-refractivity contribution < 1.29 is 4.79 Å². The molecule has 0 amide bonds. The minimum atomic E-state index is 0.491. The summed E-state index contributed by atoms with van der Waals surface area (Å²) >= 11 is 0. The Morgan fingerprint density at radius 3 is 2.50 bits per heavy atom. The second-order valence-electron chi connectivity index (χ2n) is 6.03. The van der Waals surface area contributed by atoms with Crippen molar-refractivity contribution in [2.75, 3.05) is 0 Å². The highest BCUT2D eigenvalue weighted by atomic mass is 16.1. The third kappa shape index (κ3) is 1.48. The first-order valence-electron chi connectivity index (χ1n) is 7.20. The van der Waals surface area contributed by atoms with Crippen LogP contribution in [0.2, 0.25) is 0 Å². The second kappa shape index (κ2) is 3.92. The van der Waals surface area contributed by atoms with Gasteiger partial charge >= 0.3 is 0 Å². The Kier molecular flexibility index (Phi) is 2.34. The number of hydrogen-bond donors (Lipinski definition) is 0. The van der Waals surface area contributed by atoms with Crippen molar-refractivity contribution in [2.24, 2.45) is 0 Å². The van der Waals surface area contributed by atoms with Crippen LogP contribution in [-0.2, 0) is 11.2 Å². The van der Waals surface area contributed by atoms with Gasteiger partial charge in [-0.05, 0) is 36.8 Å². The number of hydrogen-bond acceptors (Lipinski definition) is 2. The minimum Gasteiger partial charge on any atom is -0.300 e. The number of carbonyl (C=O) groups excluding carboxylic acids is 1. The molecule has 3 atom stereocenters. The molecule has 0 radical (unpaired) electrons. The standard InChI is InChI=1S/C16H19NO/c18-14-9-12-6-7-13(10-14)17(12)16-8-5-11-3-1-2-4-15(11)16/h1-4,12-13,16H,5-10H2. The summed E-state index contributed by atoms with van der Waals surface area (Å²) in [4.78, 5) is 14.4. The van der Waals surface area contributed by atoms with Crippen molar-refractivity contribution in [3.63, 3.8) is 0 Å². The van der Waals surface area contributed by atoms with Crippen LogP contribution in [0.25, 0.3) is 0 Å². The first kappa shape index (κ1) is 10.7. The van der Waals surface area contributed by atoms with Crippen LogP contribution >= 0.6 is 0 Å². The molecule has 3 unspecified atom stereocenters. The van der Waals surface area contributed by atoms with Gasteiger partial charge < -0.3 is 0 Å². The largest absolute Gasteiger partial charge is 0.300 e. The van der Waals surface area contributed by atoms with Crippen molar-refractivity contribution in [2.45, 2.75) is 56.7 Å². The van der Waals surface area contributed by atoms with Gasteiger partial charge in [0.25, 0.3) is 0 Å². The summed E-state index contributed by atoms with van der Waals surface area (Å²) in [6.07, 6.45) is 6.53. The van der Waals surface area contributed by atoms with E-state index in [1.54, 1.807) is 0 Å². The Bertz CT molecular complexity index is 480. The molecule has 4 rings (SSSR count). The molecule has 2 fully saturated rings. The van der Waals surface area contributed by atoms with E-state index in [9.17, 15) is 4.79 Å². The highest BCUT2D eigenvalue weighted by molar-refractivity contribution is 5.81. The Labute approximate surface area is 108 Å². The SMILES string of the molecule is O=C1CC2CCC(C1)N2C1CCc2ccccc21. The third-order valence-corrected chi connectivity index (χ3v) is 5.06. The summed E-state index contributed by atoms with van der Waals surface area (Å²) in [5.74, 6) is 0.491. The van der Waals surface area contributed by atoms with Gasteiger partial charge in [0.05, 0.1) is 0 Å². The second-order valence-corrected chi connectivity index (χ2v) is 6.03. The highest BCUT2D eigenvalue weighted by Gasteiger charge is 2.45. The quantitative estimate of drug-likeness (QED) is 0.753. The zero-order chi connectivity index (χ0) is 12.1. The number of Topliss-reactive ketones (excluding diaryl/α,β-unsaturated/α-hetero) is 1. The average molecular weight is 241 g/mol. The molecule has 0 N–H and O–H groups in total. The summed E-state index contributed by atoms with van der Waals surface area (Å²) in [5, 5.41) is 0. The van der Waals surface area contributed by atoms with Gasteiger partial charge in [0, 0.05) is 31.0 Å². The molecule has 0 saturated carbocycles. The highest BCUT2D eigenvalue weighted by Crippen LogP contribution is 2.45. The molecule has 1 aromatic rings. The van der Waals surface area contributed by atoms with E-state index in [2.05, 4.69) is 29.2 Å². The molecule has 18 heavy (non-hydrogen) atoms. The molecule has 1 aliphatic carbocycles. The van der Waals surface area contributed by atoms with Crippen molar-refractivity contribution in [3.05, 3.63) is 35.4 Å². The zero-order valence-corrected chi connectivity index (χ0v) is 10.6. The molecule has 3 aliphatic rings. The van der Waals surface area contributed by atoms with Gasteiger partial charge in [-0.1, -0.05) is 24.3 Å². The van der Waals surface area contributed by atoms with Gasteiger partial charge in [0.2, 0.25) is 0 Å². The van der Waals surface area contributed by atoms with Crippen LogP contribution in [-0.4, -0.2) is 22.8 Å². The molecule has 1 aromatic carbocycles.